The highest BCUT2D eigenvalue weighted by Crippen LogP contribution is 2.35. The average molecular weight is 371 g/mol. The topological polar surface area (TPSA) is 41.1 Å². The molecule has 1 atom stereocenters. The molecule has 7 heteroatoms. The third-order valence-electron chi connectivity index (χ3n) is 3.37. The van der Waals surface area contributed by atoms with Crippen LogP contribution in [-0.4, -0.2) is 5.91 Å². The molecule has 114 valence electrons. The predicted octanol–water partition coefficient (Wildman–Crippen LogP) is 4.57. The monoisotopic (exact) mass is 370 g/mol. The molecule has 0 unspecified atom stereocenters. The smallest absolute Gasteiger partial charge is 0.368 e. The van der Waals surface area contributed by atoms with Crippen LogP contribution < -0.4 is 10.6 Å². The highest BCUT2D eigenvalue weighted by molar-refractivity contribution is 9.10. The van der Waals surface area contributed by atoms with E-state index in [0.29, 0.717) is 16.9 Å². The van der Waals surface area contributed by atoms with E-state index in [0.717, 1.165) is 16.6 Å². The number of carbonyl (C=O) groups excluding carboxylic acids is 1. The van der Waals surface area contributed by atoms with E-state index in [9.17, 15) is 18.0 Å². The number of rotatable bonds is 1. The van der Waals surface area contributed by atoms with Gasteiger partial charge < -0.3 is 10.6 Å². The number of benzene rings is 2. The molecule has 2 N–H and O–H groups in total. The Labute approximate surface area is 132 Å². The van der Waals surface area contributed by atoms with Gasteiger partial charge >= 0.3 is 6.18 Å². The molecule has 1 heterocycles. The van der Waals surface area contributed by atoms with Crippen LogP contribution in [0, 0.1) is 0 Å². The van der Waals surface area contributed by atoms with Crippen molar-refractivity contribution < 1.29 is 18.0 Å². The largest absolute Gasteiger partial charge is 0.416 e. The number of halogens is 4. The maximum absolute atomic E-state index is 12.6. The van der Waals surface area contributed by atoms with E-state index < -0.39 is 17.8 Å². The van der Waals surface area contributed by atoms with Crippen LogP contribution in [0.3, 0.4) is 0 Å². The van der Waals surface area contributed by atoms with Gasteiger partial charge in [-0.2, -0.15) is 13.2 Å². The molecule has 3 rings (SSSR count). The standard InChI is InChI=1S/C15H10BrF3N2O/c16-10-5-6-11-12(7-10)20-13(14(22)21-11)8-1-3-9(4-2-8)15(17,18)19/h1-7,13,20H,(H,21,22)/t13-/m0/s1. The zero-order chi connectivity index (χ0) is 15.9. The Morgan fingerprint density at radius 2 is 1.68 bits per heavy atom. The van der Waals surface area contributed by atoms with Crippen LogP contribution in [0.1, 0.15) is 17.2 Å². The number of amides is 1. The van der Waals surface area contributed by atoms with Crippen LogP contribution >= 0.6 is 15.9 Å². The zero-order valence-electron chi connectivity index (χ0n) is 11.0. The second-order valence-corrected chi connectivity index (χ2v) is 5.79. The van der Waals surface area contributed by atoms with Crippen molar-refractivity contribution in [2.24, 2.45) is 0 Å². The molecule has 0 spiro atoms. The van der Waals surface area contributed by atoms with E-state index in [1.165, 1.54) is 12.1 Å². The lowest BCUT2D eigenvalue weighted by molar-refractivity contribution is -0.137. The molecule has 3 nitrogen and oxygen atoms in total. The fourth-order valence-corrected chi connectivity index (χ4v) is 2.63. The summed E-state index contributed by atoms with van der Waals surface area (Å²) in [6.45, 7) is 0. The predicted molar refractivity (Wildman–Crippen MR) is 80.6 cm³/mol. The molecule has 1 aliphatic rings. The van der Waals surface area contributed by atoms with Gasteiger partial charge in [0, 0.05) is 4.47 Å². The van der Waals surface area contributed by atoms with Gasteiger partial charge in [0.25, 0.3) is 5.91 Å². The summed E-state index contributed by atoms with van der Waals surface area (Å²) in [7, 11) is 0. The first-order valence-electron chi connectivity index (χ1n) is 6.39. The molecule has 0 aromatic heterocycles. The van der Waals surface area contributed by atoms with Crippen molar-refractivity contribution in [3.63, 3.8) is 0 Å². The van der Waals surface area contributed by atoms with Crippen LogP contribution in [0.5, 0.6) is 0 Å². The molecule has 0 aliphatic carbocycles. The number of fused-ring (bicyclic) bond motifs is 1. The van der Waals surface area contributed by atoms with Gasteiger partial charge in [-0.1, -0.05) is 28.1 Å². The highest BCUT2D eigenvalue weighted by Gasteiger charge is 2.31. The lowest BCUT2D eigenvalue weighted by Crippen LogP contribution is -2.31. The van der Waals surface area contributed by atoms with Crippen LogP contribution in [-0.2, 0) is 11.0 Å². The number of carbonyl (C=O) groups is 1. The molecule has 0 radical (unpaired) electrons. The van der Waals surface area contributed by atoms with Crippen molar-refractivity contribution in [1.29, 1.82) is 0 Å². The molecule has 2 aromatic carbocycles. The molecular weight excluding hydrogens is 361 g/mol. The summed E-state index contributed by atoms with van der Waals surface area (Å²) in [4.78, 5) is 12.1. The van der Waals surface area contributed by atoms with E-state index >= 15 is 0 Å². The lowest BCUT2D eigenvalue weighted by atomic mass is 10.0. The molecule has 1 aliphatic heterocycles. The quantitative estimate of drug-likeness (QED) is 0.771. The number of nitrogens with one attached hydrogen (secondary N) is 2. The summed E-state index contributed by atoms with van der Waals surface area (Å²) >= 11 is 3.34. The van der Waals surface area contributed by atoms with E-state index in [1.807, 2.05) is 0 Å². The van der Waals surface area contributed by atoms with Crippen LogP contribution in [0.4, 0.5) is 24.5 Å². The molecule has 2 aromatic rings. The molecule has 0 fully saturated rings. The summed E-state index contributed by atoms with van der Waals surface area (Å²) in [5.41, 5.74) is 1.07. The zero-order valence-corrected chi connectivity index (χ0v) is 12.6. The third kappa shape index (κ3) is 2.81. The van der Waals surface area contributed by atoms with E-state index in [1.54, 1.807) is 18.2 Å². The third-order valence-corrected chi connectivity index (χ3v) is 3.87. The van der Waals surface area contributed by atoms with E-state index in [-0.39, 0.29) is 5.91 Å². The Hall–Kier alpha value is -2.02. The molecule has 1 amide bonds. The molecule has 0 saturated carbocycles. The van der Waals surface area contributed by atoms with E-state index in [4.69, 9.17) is 0 Å². The maximum atomic E-state index is 12.6. The highest BCUT2D eigenvalue weighted by atomic mass is 79.9. The van der Waals surface area contributed by atoms with Gasteiger partial charge in [0.1, 0.15) is 6.04 Å². The Bertz CT molecular complexity index is 729. The molecular formula is C15H10BrF3N2O. The fourth-order valence-electron chi connectivity index (χ4n) is 2.27. The van der Waals surface area contributed by atoms with Crippen LogP contribution in [0.2, 0.25) is 0 Å². The van der Waals surface area contributed by atoms with Gasteiger partial charge in [0.2, 0.25) is 0 Å². The van der Waals surface area contributed by atoms with Crippen molar-refractivity contribution in [1.82, 2.24) is 0 Å². The fraction of sp³-hybridized carbons (Fsp3) is 0.133. The SMILES string of the molecule is O=C1Nc2ccc(Br)cc2N[C@H]1c1ccc(C(F)(F)F)cc1. The first-order chi connectivity index (χ1) is 10.3. The summed E-state index contributed by atoms with van der Waals surface area (Å²) < 4.78 is 38.6. The summed E-state index contributed by atoms with van der Waals surface area (Å²) in [6.07, 6.45) is -4.39. The van der Waals surface area contributed by atoms with Gasteiger partial charge in [-0.15, -0.1) is 0 Å². The molecule has 0 saturated heterocycles. The summed E-state index contributed by atoms with van der Waals surface area (Å²) in [6, 6.07) is 9.16. The van der Waals surface area contributed by atoms with Crippen molar-refractivity contribution in [3.8, 4) is 0 Å². The van der Waals surface area contributed by atoms with Gasteiger partial charge in [-0.3, -0.25) is 4.79 Å². The Morgan fingerprint density at radius 3 is 2.32 bits per heavy atom. The van der Waals surface area contributed by atoms with Crippen molar-refractivity contribution in [2.45, 2.75) is 12.2 Å². The van der Waals surface area contributed by atoms with Crippen molar-refractivity contribution >= 4 is 33.2 Å². The van der Waals surface area contributed by atoms with E-state index in [2.05, 4.69) is 26.6 Å². The molecule has 22 heavy (non-hydrogen) atoms. The van der Waals surface area contributed by atoms with Gasteiger partial charge in [0.15, 0.2) is 0 Å². The average Bonchev–Trinajstić information content (AvgIpc) is 2.46. The minimum absolute atomic E-state index is 0.311. The van der Waals surface area contributed by atoms with Gasteiger partial charge in [-0.25, -0.2) is 0 Å². The Balaban J connectivity index is 1.91. The first kappa shape index (κ1) is 14.9. The van der Waals surface area contributed by atoms with Crippen molar-refractivity contribution in [2.75, 3.05) is 10.6 Å². The first-order valence-corrected chi connectivity index (χ1v) is 7.18. The second kappa shape index (κ2) is 5.31. The van der Waals surface area contributed by atoms with Crippen LogP contribution in [0.15, 0.2) is 46.9 Å². The van der Waals surface area contributed by atoms with Gasteiger partial charge in [-0.05, 0) is 35.9 Å². The lowest BCUT2D eigenvalue weighted by Gasteiger charge is -2.27. The second-order valence-electron chi connectivity index (χ2n) is 4.88. The summed E-state index contributed by atoms with van der Waals surface area (Å²) in [5.74, 6) is -0.311. The minimum atomic E-state index is -4.39. The number of hydrogen-bond donors (Lipinski definition) is 2. The summed E-state index contributed by atoms with van der Waals surface area (Å²) in [5, 5.41) is 5.77. The number of alkyl halides is 3. The maximum Gasteiger partial charge on any atom is 0.416 e. The Morgan fingerprint density at radius 1 is 1.00 bits per heavy atom. The van der Waals surface area contributed by atoms with Crippen molar-refractivity contribution in [3.05, 3.63) is 58.1 Å². The molecule has 0 bridgehead atoms. The minimum Gasteiger partial charge on any atom is -0.368 e. The normalized spacial score (nSPS) is 17.5. The van der Waals surface area contributed by atoms with Crippen LogP contribution in [0.25, 0.3) is 0 Å². The Kier molecular flexibility index (Phi) is 3.60. The number of hydrogen-bond acceptors (Lipinski definition) is 2. The van der Waals surface area contributed by atoms with Gasteiger partial charge in [0.05, 0.1) is 16.9 Å². The number of anilines is 2.